The molecular weight excluding hydrogens is 210 g/mol. The zero-order chi connectivity index (χ0) is 12.6. The summed E-state index contributed by atoms with van der Waals surface area (Å²) in [5, 5.41) is 18.3. The van der Waals surface area contributed by atoms with E-state index in [0.29, 0.717) is 0 Å². The van der Waals surface area contributed by atoms with Crippen molar-refractivity contribution in [2.24, 2.45) is 5.92 Å². The minimum absolute atomic E-state index is 0.0118. The van der Waals surface area contributed by atoms with E-state index in [1.807, 2.05) is 19.9 Å². The first-order chi connectivity index (χ1) is 7.51. The Morgan fingerprint density at radius 2 is 2.12 bits per heavy atom. The van der Waals surface area contributed by atoms with E-state index >= 15 is 0 Å². The highest BCUT2D eigenvalue weighted by Gasteiger charge is 2.23. The van der Waals surface area contributed by atoms with E-state index in [0.717, 1.165) is 0 Å². The monoisotopic (exact) mass is 229 g/mol. The Bertz CT molecular complexity index is 247. The van der Waals surface area contributed by atoms with Crippen LogP contribution in [0.5, 0.6) is 0 Å². The lowest BCUT2D eigenvalue weighted by Gasteiger charge is -2.15. The third-order valence-electron chi connectivity index (χ3n) is 1.86. The number of hydrogen-bond acceptors (Lipinski definition) is 5. The SMILES string of the molecule is CCOC(=O)C(C#N)CC(O)COC(C)C. The Balaban J connectivity index is 4.02. The van der Waals surface area contributed by atoms with Gasteiger partial charge in [-0.05, 0) is 20.8 Å². The smallest absolute Gasteiger partial charge is 0.323 e. The van der Waals surface area contributed by atoms with Gasteiger partial charge in [0.2, 0.25) is 0 Å². The summed E-state index contributed by atoms with van der Waals surface area (Å²) in [7, 11) is 0. The molecular formula is C11H19NO4. The van der Waals surface area contributed by atoms with E-state index in [1.165, 1.54) is 0 Å². The number of ether oxygens (including phenoxy) is 2. The molecule has 0 amide bonds. The van der Waals surface area contributed by atoms with Crippen LogP contribution >= 0.6 is 0 Å². The summed E-state index contributed by atoms with van der Waals surface area (Å²) in [4.78, 5) is 11.3. The molecule has 0 aromatic carbocycles. The highest BCUT2D eigenvalue weighted by atomic mass is 16.5. The summed E-state index contributed by atoms with van der Waals surface area (Å²) < 4.78 is 9.89. The lowest BCUT2D eigenvalue weighted by molar-refractivity contribution is -0.147. The first-order valence-corrected chi connectivity index (χ1v) is 5.37. The summed E-state index contributed by atoms with van der Waals surface area (Å²) in [6, 6.07) is 1.82. The molecule has 0 aliphatic heterocycles. The summed E-state index contributed by atoms with van der Waals surface area (Å²) in [6.45, 7) is 5.72. The topological polar surface area (TPSA) is 79.6 Å². The molecule has 0 fully saturated rings. The van der Waals surface area contributed by atoms with Gasteiger partial charge in [0, 0.05) is 6.42 Å². The average molecular weight is 229 g/mol. The van der Waals surface area contributed by atoms with Crippen molar-refractivity contribution in [2.75, 3.05) is 13.2 Å². The molecule has 0 aliphatic carbocycles. The first kappa shape index (κ1) is 14.9. The number of aliphatic hydroxyl groups is 1. The average Bonchev–Trinajstić information content (AvgIpc) is 2.23. The van der Waals surface area contributed by atoms with Gasteiger partial charge in [-0.3, -0.25) is 4.79 Å². The molecule has 0 rings (SSSR count). The molecule has 1 N–H and O–H groups in total. The molecule has 0 aliphatic rings. The van der Waals surface area contributed by atoms with Crippen LogP contribution in [0.2, 0.25) is 0 Å². The minimum atomic E-state index is -0.925. The van der Waals surface area contributed by atoms with Crippen molar-refractivity contribution in [3.8, 4) is 6.07 Å². The second-order valence-electron chi connectivity index (χ2n) is 3.71. The number of rotatable bonds is 7. The summed E-state index contributed by atoms with van der Waals surface area (Å²) in [5.74, 6) is -1.51. The van der Waals surface area contributed by atoms with Crippen LogP contribution in [-0.4, -0.2) is 36.5 Å². The van der Waals surface area contributed by atoms with Crippen molar-refractivity contribution >= 4 is 5.97 Å². The van der Waals surface area contributed by atoms with Gasteiger partial charge in [-0.25, -0.2) is 0 Å². The van der Waals surface area contributed by atoms with Crippen LogP contribution in [0, 0.1) is 17.2 Å². The number of carbonyl (C=O) groups excluding carboxylic acids is 1. The lowest BCUT2D eigenvalue weighted by atomic mass is 10.0. The second-order valence-corrected chi connectivity index (χ2v) is 3.71. The highest BCUT2D eigenvalue weighted by Crippen LogP contribution is 2.09. The predicted molar refractivity (Wildman–Crippen MR) is 57.4 cm³/mol. The van der Waals surface area contributed by atoms with Gasteiger partial charge >= 0.3 is 5.97 Å². The maximum absolute atomic E-state index is 11.3. The van der Waals surface area contributed by atoms with E-state index in [1.54, 1.807) is 6.92 Å². The van der Waals surface area contributed by atoms with E-state index in [4.69, 9.17) is 14.7 Å². The van der Waals surface area contributed by atoms with Gasteiger partial charge in [0.1, 0.15) is 5.92 Å². The van der Waals surface area contributed by atoms with E-state index in [-0.39, 0.29) is 25.7 Å². The Hall–Kier alpha value is -1.12. The van der Waals surface area contributed by atoms with Gasteiger partial charge in [-0.15, -0.1) is 0 Å². The van der Waals surface area contributed by atoms with E-state index in [2.05, 4.69) is 0 Å². The van der Waals surface area contributed by atoms with Gasteiger partial charge in [-0.2, -0.15) is 5.26 Å². The molecule has 0 saturated carbocycles. The fourth-order valence-corrected chi connectivity index (χ4v) is 1.09. The highest BCUT2D eigenvalue weighted by molar-refractivity contribution is 5.75. The van der Waals surface area contributed by atoms with Gasteiger partial charge < -0.3 is 14.6 Å². The second kappa shape index (κ2) is 8.08. The molecule has 0 bridgehead atoms. The van der Waals surface area contributed by atoms with Crippen LogP contribution in [0.15, 0.2) is 0 Å². The van der Waals surface area contributed by atoms with Crippen LogP contribution in [0.25, 0.3) is 0 Å². The zero-order valence-electron chi connectivity index (χ0n) is 9.97. The van der Waals surface area contributed by atoms with Crippen LogP contribution < -0.4 is 0 Å². The molecule has 2 unspecified atom stereocenters. The molecule has 2 atom stereocenters. The lowest BCUT2D eigenvalue weighted by Crippen LogP contribution is -2.26. The standard InChI is InChI=1S/C11H19NO4/c1-4-15-11(14)9(6-12)5-10(13)7-16-8(2)3/h8-10,13H,4-5,7H2,1-3H3. The molecule has 0 spiro atoms. The van der Waals surface area contributed by atoms with E-state index < -0.39 is 18.0 Å². The molecule has 0 aromatic heterocycles. The van der Waals surface area contributed by atoms with Crippen LogP contribution in [0.1, 0.15) is 27.2 Å². The Kier molecular flexibility index (Phi) is 7.52. The zero-order valence-corrected chi connectivity index (χ0v) is 9.97. The van der Waals surface area contributed by atoms with Crippen molar-refractivity contribution in [1.82, 2.24) is 0 Å². The Morgan fingerprint density at radius 1 is 1.50 bits per heavy atom. The minimum Gasteiger partial charge on any atom is -0.465 e. The van der Waals surface area contributed by atoms with Crippen molar-refractivity contribution < 1.29 is 19.4 Å². The third-order valence-corrected chi connectivity index (χ3v) is 1.86. The summed E-state index contributed by atoms with van der Waals surface area (Å²) in [6.07, 6.45) is -0.767. The van der Waals surface area contributed by atoms with Gasteiger partial charge in [0.25, 0.3) is 0 Å². The maximum atomic E-state index is 11.3. The van der Waals surface area contributed by atoms with Crippen molar-refractivity contribution in [1.29, 1.82) is 5.26 Å². The largest absolute Gasteiger partial charge is 0.465 e. The quantitative estimate of drug-likeness (QED) is 0.655. The van der Waals surface area contributed by atoms with Gasteiger partial charge in [-0.1, -0.05) is 0 Å². The number of nitriles is 1. The van der Waals surface area contributed by atoms with Crippen LogP contribution in [0.3, 0.4) is 0 Å². The van der Waals surface area contributed by atoms with Crippen LogP contribution in [-0.2, 0) is 14.3 Å². The molecule has 0 heterocycles. The Morgan fingerprint density at radius 3 is 2.56 bits per heavy atom. The van der Waals surface area contributed by atoms with Crippen molar-refractivity contribution in [3.05, 3.63) is 0 Å². The molecule has 0 radical (unpaired) electrons. The maximum Gasteiger partial charge on any atom is 0.323 e. The number of esters is 1. The number of nitrogens with zero attached hydrogens (tertiary/aromatic N) is 1. The normalized spacial score (nSPS) is 14.2. The molecule has 0 aromatic rings. The van der Waals surface area contributed by atoms with Crippen molar-refractivity contribution in [3.63, 3.8) is 0 Å². The fraction of sp³-hybridized carbons (Fsp3) is 0.818. The van der Waals surface area contributed by atoms with Crippen molar-refractivity contribution in [2.45, 2.75) is 39.4 Å². The number of hydrogen-bond donors (Lipinski definition) is 1. The summed E-state index contributed by atoms with van der Waals surface area (Å²) in [5.41, 5.74) is 0. The Labute approximate surface area is 96.0 Å². The van der Waals surface area contributed by atoms with Crippen LogP contribution in [0.4, 0.5) is 0 Å². The predicted octanol–water partition coefficient (Wildman–Crippen LogP) is 0.865. The fourth-order valence-electron chi connectivity index (χ4n) is 1.09. The van der Waals surface area contributed by atoms with Gasteiger partial charge in [0.05, 0.1) is 31.5 Å². The number of aliphatic hydroxyl groups excluding tert-OH is 1. The molecule has 92 valence electrons. The molecule has 0 saturated heterocycles. The van der Waals surface area contributed by atoms with Gasteiger partial charge in [0.15, 0.2) is 0 Å². The third kappa shape index (κ3) is 6.38. The molecule has 5 nitrogen and oxygen atoms in total. The van der Waals surface area contributed by atoms with E-state index in [9.17, 15) is 9.90 Å². The molecule has 16 heavy (non-hydrogen) atoms. The summed E-state index contributed by atoms with van der Waals surface area (Å²) >= 11 is 0. The first-order valence-electron chi connectivity index (χ1n) is 5.37. The molecule has 5 heteroatoms. The number of carbonyl (C=O) groups is 1.